The molecule has 0 aromatic heterocycles. The van der Waals surface area contributed by atoms with E-state index in [1.54, 1.807) is 0 Å². The molecule has 1 atom stereocenters. The van der Waals surface area contributed by atoms with Crippen LogP contribution in [0.2, 0.25) is 0 Å². The second-order valence-corrected chi connectivity index (χ2v) is 5.64. The number of carbonyl (C=O) groups is 1. The van der Waals surface area contributed by atoms with Crippen molar-refractivity contribution in [1.29, 1.82) is 5.26 Å². The first kappa shape index (κ1) is 15.5. The first-order valence-corrected chi connectivity index (χ1v) is 7.61. The maximum Gasteiger partial charge on any atom is 0.227 e. The number of nitriles is 1. The second-order valence-electron chi connectivity index (χ2n) is 5.64. The van der Waals surface area contributed by atoms with E-state index in [0.717, 1.165) is 38.2 Å². The van der Waals surface area contributed by atoms with E-state index in [2.05, 4.69) is 17.0 Å². The fourth-order valence-corrected chi connectivity index (χ4v) is 2.82. The zero-order valence-corrected chi connectivity index (χ0v) is 12.9. The lowest BCUT2D eigenvalue weighted by Crippen LogP contribution is -2.51. The first-order chi connectivity index (χ1) is 10.1. The number of hydrogen-bond acceptors (Lipinski definition) is 3. The van der Waals surface area contributed by atoms with Crippen LogP contribution >= 0.6 is 0 Å². The van der Waals surface area contributed by atoms with Gasteiger partial charge in [-0.25, -0.2) is 0 Å². The third-order valence-corrected chi connectivity index (χ3v) is 4.08. The number of benzene rings is 1. The average molecular weight is 285 g/mol. The molecule has 4 heteroatoms. The topological polar surface area (TPSA) is 47.3 Å². The van der Waals surface area contributed by atoms with Crippen LogP contribution in [0.5, 0.6) is 0 Å². The third kappa shape index (κ3) is 4.05. The Hall–Kier alpha value is -1.86. The molecular weight excluding hydrogens is 262 g/mol. The summed E-state index contributed by atoms with van der Waals surface area (Å²) in [6.45, 7) is 7.12. The van der Waals surface area contributed by atoms with Gasteiger partial charge in [0.25, 0.3) is 0 Å². The molecule has 1 saturated heterocycles. The number of nitrogens with zero attached hydrogens (tertiary/aromatic N) is 3. The third-order valence-electron chi connectivity index (χ3n) is 4.08. The normalized spacial score (nSPS) is 17.3. The van der Waals surface area contributed by atoms with Crippen molar-refractivity contribution in [3.63, 3.8) is 0 Å². The van der Waals surface area contributed by atoms with E-state index in [1.165, 1.54) is 5.56 Å². The van der Waals surface area contributed by atoms with Gasteiger partial charge in [0.1, 0.15) is 0 Å². The van der Waals surface area contributed by atoms with Crippen LogP contribution in [0, 0.1) is 18.3 Å². The lowest BCUT2D eigenvalue weighted by atomic mass is 10.1. The molecular formula is C17H23N3O. The predicted octanol–water partition coefficient (Wildman–Crippen LogP) is 1.98. The molecule has 0 bridgehead atoms. The fourth-order valence-electron chi connectivity index (χ4n) is 2.82. The van der Waals surface area contributed by atoms with Crippen LogP contribution in [0.25, 0.3) is 0 Å². The summed E-state index contributed by atoms with van der Waals surface area (Å²) in [5, 5.41) is 9.10. The summed E-state index contributed by atoms with van der Waals surface area (Å²) >= 11 is 0. The summed E-state index contributed by atoms with van der Waals surface area (Å²) in [6.07, 6.45) is 1.31. The molecule has 1 fully saturated rings. The van der Waals surface area contributed by atoms with Gasteiger partial charge in [-0.3, -0.25) is 9.69 Å². The van der Waals surface area contributed by atoms with E-state index in [-0.39, 0.29) is 11.9 Å². The van der Waals surface area contributed by atoms with Crippen LogP contribution in [0.1, 0.15) is 24.5 Å². The molecule has 0 spiro atoms. The maximum atomic E-state index is 12.3. The molecule has 2 rings (SSSR count). The summed E-state index contributed by atoms with van der Waals surface area (Å²) in [6, 6.07) is 10.4. The minimum atomic E-state index is -0.0148. The molecule has 1 aromatic rings. The number of amides is 1. The molecule has 0 aliphatic carbocycles. The average Bonchev–Trinajstić information content (AvgIpc) is 2.49. The van der Waals surface area contributed by atoms with Crippen LogP contribution in [0.15, 0.2) is 24.3 Å². The largest absolute Gasteiger partial charge is 0.340 e. The quantitative estimate of drug-likeness (QED) is 0.850. The smallest absolute Gasteiger partial charge is 0.227 e. The molecule has 1 amide bonds. The number of aryl methyl sites for hydroxylation is 1. The number of hydrogen-bond donors (Lipinski definition) is 0. The lowest BCUT2D eigenvalue weighted by molar-refractivity contribution is -0.132. The molecule has 21 heavy (non-hydrogen) atoms. The molecule has 1 heterocycles. The van der Waals surface area contributed by atoms with E-state index in [9.17, 15) is 4.79 Å². The van der Waals surface area contributed by atoms with E-state index in [0.29, 0.717) is 6.42 Å². The Labute approximate surface area is 127 Å². The van der Waals surface area contributed by atoms with E-state index in [4.69, 9.17) is 5.26 Å². The van der Waals surface area contributed by atoms with Crippen molar-refractivity contribution >= 4 is 5.91 Å². The van der Waals surface area contributed by atoms with Crippen molar-refractivity contribution in [3.05, 3.63) is 35.4 Å². The molecule has 4 nitrogen and oxygen atoms in total. The van der Waals surface area contributed by atoms with E-state index < -0.39 is 0 Å². The van der Waals surface area contributed by atoms with Gasteiger partial charge in [0, 0.05) is 26.2 Å². The summed E-state index contributed by atoms with van der Waals surface area (Å²) < 4.78 is 0. The molecule has 0 radical (unpaired) electrons. The molecule has 112 valence electrons. The van der Waals surface area contributed by atoms with Crippen LogP contribution in [-0.2, 0) is 11.2 Å². The van der Waals surface area contributed by atoms with E-state index >= 15 is 0 Å². The number of rotatable bonds is 4. The van der Waals surface area contributed by atoms with Gasteiger partial charge >= 0.3 is 0 Å². The number of piperazine rings is 1. The zero-order valence-electron chi connectivity index (χ0n) is 12.9. The van der Waals surface area contributed by atoms with Gasteiger partial charge in [-0.05, 0) is 18.9 Å². The molecule has 0 N–H and O–H groups in total. The molecule has 1 unspecified atom stereocenters. The van der Waals surface area contributed by atoms with Crippen molar-refractivity contribution < 1.29 is 4.79 Å². The Morgan fingerprint density at radius 3 is 2.62 bits per heavy atom. The van der Waals surface area contributed by atoms with Crippen molar-refractivity contribution in [2.45, 2.75) is 32.7 Å². The minimum Gasteiger partial charge on any atom is -0.340 e. The Kier molecular flexibility index (Phi) is 5.35. The number of carbonyl (C=O) groups excluding carboxylic acids is 1. The SMILES string of the molecule is CCC(C#N)N1CCN(C(=O)Cc2cccc(C)c2)CC1. The minimum absolute atomic E-state index is 0.0148. The Bertz CT molecular complexity index is 527. The summed E-state index contributed by atoms with van der Waals surface area (Å²) in [4.78, 5) is 16.4. The highest BCUT2D eigenvalue weighted by Crippen LogP contribution is 2.11. The highest BCUT2D eigenvalue weighted by molar-refractivity contribution is 5.79. The monoisotopic (exact) mass is 285 g/mol. The van der Waals surface area contributed by atoms with Crippen molar-refractivity contribution in [2.75, 3.05) is 26.2 Å². The van der Waals surface area contributed by atoms with Gasteiger partial charge < -0.3 is 4.90 Å². The molecule has 0 saturated carbocycles. The van der Waals surface area contributed by atoms with Gasteiger partial charge in [0.15, 0.2) is 0 Å². The Morgan fingerprint density at radius 1 is 1.33 bits per heavy atom. The lowest BCUT2D eigenvalue weighted by Gasteiger charge is -2.36. The Morgan fingerprint density at radius 2 is 2.05 bits per heavy atom. The predicted molar refractivity (Wildman–Crippen MR) is 82.7 cm³/mol. The highest BCUT2D eigenvalue weighted by atomic mass is 16.2. The van der Waals surface area contributed by atoms with Crippen LogP contribution < -0.4 is 0 Å². The standard InChI is InChI=1S/C17H23N3O/c1-3-16(13-18)19-7-9-20(10-8-19)17(21)12-15-6-4-5-14(2)11-15/h4-6,11,16H,3,7-10,12H2,1-2H3. The van der Waals surface area contributed by atoms with Crippen molar-refractivity contribution in [2.24, 2.45) is 0 Å². The zero-order chi connectivity index (χ0) is 15.2. The summed E-state index contributed by atoms with van der Waals surface area (Å²) in [5.74, 6) is 0.185. The molecule has 1 aliphatic heterocycles. The molecule has 1 aromatic carbocycles. The first-order valence-electron chi connectivity index (χ1n) is 7.61. The Balaban J connectivity index is 1.87. The van der Waals surface area contributed by atoms with Crippen LogP contribution in [0.3, 0.4) is 0 Å². The van der Waals surface area contributed by atoms with Gasteiger partial charge in [0.05, 0.1) is 18.5 Å². The van der Waals surface area contributed by atoms with Gasteiger partial charge in [-0.15, -0.1) is 0 Å². The summed E-state index contributed by atoms with van der Waals surface area (Å²) in [5.41, 5.74) is 2.26. The van der Waals surface area contributed by atoms with Crippen LogP contribution in [0.4, 0.5) is 0 Å². The fraction of sp³-hybridized carbons (Fsp3) is 0.529. The van der Waals surface area contributed by atoms with Gasteiger partial charge in [0.2, 0.25) is 5.91 Å². The van der Waals surface area contributed by atoms with Crippen LogP contribution in [-0.4, -0.2) is 47.9 Å². The maximum absolute atomic E-state index is 12.3. The van der Waals surface area contributed by atoms with Gasteiger partial charge in [-0.2, -0.15) is 5.26 Å². The van der Waals surface area contributed by atoms with Crippen molar-refractivity contribution in [3.8, 4) is 6.07 Å². The van der Waals surface area contributed by atoms with Crippen molar-refractivity contribution in [1.82, 2.24) is 9.80 Å². The highest BCUT2D eigenvalue weighted by Gasteiger charge is 2.24. The molecule has 1 aliphatic rings. The summed E-state index contributed by atoms with van der Waals surface area (Å²) in [7, 11) is 0. The van der Waals surface area contributed by atoms with E-state index in [1.807, 2.05) is 36.9 Å². The van der Waals surface area contributed by atoms with Gasteiger partial charge in [-0.1, -0.05) is 36.8 Å². The second kappa shape index (κ2) is 7.24.